The summed E-state index contributed by atoms with van der Waals surface area (Å²) in [5.74, 6) is 0. The maximum atomic E-state index is 6.29. The largest absolute Gasteiger partial charge is 0.456 e. The van der Waals surface area contributed by atoms with Crippen molar-refractivity contribution in [1.82, 2.24) is 0 Å². The van der Waals surface area contributed by atoms with Crippen molar-refractivity contribution in [2.75, 3.05) is 4.90 Å². The second kappa shape index (κ2) is 16.5. The fourth-order valence-electron chi connectivity index (χ4n) is 12.8. The van der Waals surface area contributed by atoms with Gasteiger partial charge in [-0.3, -0.25) is 0 Å². The van der Waals surface area contributed by atoms with Gasteiger partial charge in [0.1, 0.15) is 22.3 Å². The molecule has 16 rings (SSSR count). The number of nitrogens with zero attached hydrogens (tertiary/aromatic N) is 1. The lowest BCUT2D eigenvalue weighted by Crippen LogP contribution is -2.26. The van der Waals surface area contributed by atoms with Gasteiger partial charge in [0.15, 0.2) is 0 Å². The van der Waals surface area contributed by atoms with Gasteiger partial charge in [-0.1, -0.05) is 182 Å². The van der Waals surface area contributed by atoms with Crippen LogP contribution in [0.2, 0.25) is 0 Å². The molecule has 1 spiro atoms. The van der Waals surface area contributed by atoms with E-state index in [4.69, 9.17) is 8.83 Å². The summed E-state index contributed by atoms with van der Waals surface area (Å²) in [6.07, 6.45) is 0. The summed E-state index contributed by atoms with van der Waals surface area (Å²) in [5, 5.41) is 4.44. The molecule has 2 aromatic heterocycles. The molecule has 2 heterocycles. The molecule has 0 amide bonds. The molecule has 3 heteroatoms. The highest BCUT2D eigenvalue weighted by Crippen LogP contribution is 2.63. The van der Waals surface area contributed by atoms with Crippen LogP contribution in [0.3, 0.4) is 0 Å². The van der Waals surface area contributed by atoms with Crippen LogP contribution in [0.25, 0.3) is 111 Å². The van der Waals surface area contributed by atoms with Crippen LogP contribution in [0.4, 0.5) is 17.1 Å². The molecule has 12 aromatic carbocycles. The normalized spacial score (nSPS) is 12.8. The molecular formula is C73H45NO2. The van der Waals surface area contributed by atoms with E-state index in [-0.39, 0.29) is 0 Å². The second-order valence-corrected chi connectivity index (χ2v) is 20.3. The van der Waals surface area contributed by atoms with E-state index in [1.807, 2.05) is 24.3 Å². The van der Waals surface area contributed by atoms with Gasteiger partial charge in [-0.05, 0) is 180 Å². The molecule has 0 unspecified atom stereocenters. The molecule has 0 aliphatic heterocycles. The van der Waals surface area contributed by atoms with Crippen molar-refractivity contribution in [2.45, 2.75) is 5.41 Å². The maximum absolute atomic E-state index is 6.29. The Bertz CT molecular complexity index is 4440. The molecule has 354 valence electrons. The average molecular weight is 968 g/mol. The zero-order valence-electron chi connectivity index (χ0n) is 41.2. The summed E-state index contributed by atoms with van der Waals surface area (Å²) in [7, 11) is 0. The van der Waals surface area contributed by atoms with Crippen molar-refractivity contribution >= 4 is 60.9 Å². The van der Waals surface area contributed by atoms with Crippen LogP contribution < -0.4 is 4.90 Å². The van der Waals surface area contributed by atoms with Gasteiger partial charge < -0.3 is 13.7 Å². The maximum Gasteiger partial charge on any atom is 0.135 e. The standard InChI is InChI=1S/C73H45NO2/c1-2-14-46(15-3-1)47-26-32-54(33-27-47)74(56-36-37-60-59-18-6-11-23-67(59)73(68(60)45-56)65-21-9-4-16-57(65)58-17-5-10-22-66(58)73)55-34-28-48(29-35-55)51-40-52(49-30-38-71-63(43-49)61-19-7-12-24-69(61)75-71)42-53(41-51)50-31-39-72-64(44-50)62-20-8-13-25-70(62)76-72/h1-45H. The Labute approximate surface area is 439 Å². The van der Waals surface area contributed by atoms with Gasteiger partial charge in [0.05, 0.1) is 5.41 Å². The first-order valence-electron chi connectivity index (χ1n) is 26.1. The number of hydrogen-bond donors (Lipinski definition) is 0. The van der Waals surface area contributed by atoms with E-state index in [1.165, 1.54) is 55.6 Å². The molecule has 0 atom stereocenters. The van der Waals surface area contributed by atoms with Crippen LogP contribution in [-0.4, -0.2) is 0 Å². The van der Waals surface area contributed by atoms with Crippen molar-refractivity contribution < 1.29 is 8.83 Å². The van der Waals surface area contributed by atoms with Gasteiger partial charge in [0, 0.05) is 38.6 Å². The van der Waals surface area contributed by atoms with E-state index in [1.54, 1.807) is 0 Å². The Kier molecular flexibility index (Phi) is 9.25. The lowest BCUT2D eigenvalue weighted by atomic mass is 9.70. The van der Waals surface area contributed by atoms with Crippen molar-refractivity contribution in [1.29, 1.82) is 0 Å². The molecule has 0 bridgehead atoms. The minimum atomic E-state index is -0.463. The van der Waals surface area contributed by atoms with E-state index in [0.29, 0.717) is 0 Å². The van der Waals surface area contributed by atoms with Crippen LogP contribution in [0, 0.1) is 0 Å². The Morgan fingerprint density at radius 3 is 1.11 bits per heavy atom. The highest BCUT2D eigenvalue weighted by Gasteiger charge is 2.51. The fourth-order valence-corrected chi connectivity index (χ4v) is 12.8. The molecule has 0 saturated heterocycles. The summed E-state index contributed by atoms with van der Waals surface area (Å²) in [5.41, 5.74) is 25.9. The topological polar surface area (TPSA) is 29.5 Å². The molecular weight excluding hydrogens is 923 g/mol. The van der Waals surface area contributed by atoms with Gasteiger partial charge >= 0.3 is 0 Å². The van der Waals surface area contributed by atoms with Crippen LogP contribution in [0.5, 0.6) is 0 Å². The highest BCUT2D eigenvalue weighted by atomic mass is 16.3. The SMILES string of the molecule is c1ccc(-c2ccc(N(c3ccc(-c4cc(-c5ccc6oc7ccccc7c6c5)cc(-c5ccc6oc7ccccc7c6c5)c4)cc3)c3ccc4c(c3)C3(c5ccccc5-c5ccccc53)c3ccccc3-4)cc2)cc1. The Morgan fingerprint density at radius 2 is 0.592 bits per heavy atom. The Balaban J connectivity index is 0.861. The van der Waals surface area contributed by atoms with Crippen LogP contribution in [0.1, 0.15) is 22.3 Å². The van der Waals surface area contributed by atoms with Crippen molar-refractivity contribution in [3.05, 3.63) is 295 Å². The third kappa shape index (κ3) is 6.36. The predicted octanol–water partition coefficient (Wildman–Crippen LogP) is 20.0. The lowest BCUT2D eigenvalue weighted by Gasteiger charge is -2.32. The predicted molar refractivity (Wildman–Crippen MR) is 314 cm³/mol. The second-order valence-electron chi connectivity index (χ2n) is 20.3. The molecule has 76 heavy (non-hydrogen) atoms. The minimum absolute atomic E-state index is 0.463. The molecule has 2 aliphatic carbocycles. The summed E-state index contributed by atoms with van der Waals surface area (Å²) < 4.78 is 12.6. The zero-order chi connectivity index (χ0) is 49.9. The van der Waals surface area contributed by atoms with Crippen molar-refractivity contribution in [3.8, 4) is 66.8 Å². The molecule has 14 aromatic rings. The molecule has 2 aliphatic rings. The van der Waals surface area contributed by atoms with Gasteiger partial charge in [0.2, 0.25) is 0 Å². The summed E-state index contributed by atoms with van der Waals surface area (Å²) in [4.78, 5) is 2.43. The Morgan fingerprint density at radius 1 is 0.224 bits per heavy atom. The van der Waals surface area contributed by atoms with Crippen molar-refractivity contribution in [3.63, 3.8) is 0 Å². The number of anilines is 3. The zero-order valence-corrected chi connectivity index (χ0v) is 41.2. The lowest BCUT2D eigenvalue weighted by molar-refractivity contribution is 0.668. The third-order valence-corrected chi connectivity index (χ3v) is 16.3. The number of para-hydroxylation sites is 2. The fraction of sp³-hybridized carbons (Fsp3) is 0.0137. The van der Waals surface area contributed by atoms with E-state index >= 15 is 0 Å². The molecule has 3 nitrogen and oxygen atoms in total. The van der Waals surface area contributed by atoms with E-state index < -0.39 is 5.41 Å². The smallest absolute Gasteiger partial charge is 0.135 e. The molecule has 0 radical (unpaired) electrons. The van der Waals surface area contributed by atoms with Crippen LogP contribution in [-0.2, 0) is 5.41 Å². The van der Waals surface area contributed by atoms with Gasteiger partial charge in [0.25, 0.3) is 0 Å². The molecule has 0 N–H and O–H groups in total. The first-order chi connectivity index (χ1) is 37.6. The summed E-state index contributed by atoms with van der Waals surface area (Å²) in [6, 6.07) is 99.8. The van der Waals surface area contributed by atoms with E-state index in [9.17, 15) is 0 Å². The van der Waals surface area contributed by atoms with E-state index in [0.717, 1.165) is 94.3 Å². The number of hydrogen-bond acceptors (Lipinski definition) is 3. The molecule has 0 fully saturated rings. The minimum Gasteiger partial charge on any atom is -0.456 e. The van der Waals surface area contributed by atoms with Gasteiger partial charge in [-0.2, -0.15) is 0 Å². The van der Waals surface area contributed by atoms with Gasteiger partial charge in [-0.25, -0.2) is 0 Å². The highest BCUT2D eigenvalue weighted by molar-refractivity contribution is 6.08. The Hall–Kier alpha value is -9.96. The first-order valence-corrected chi connectivity index (χ1v) is 26.1. The summed E-state index contributed by atoms with van der Waals surface area (Å²) >= 11 is 0. The monoisotopic (exact) mass is 967 g/mol. The van der Waals surface area contributed by atoms with Gasteiger partial charge in [-0.15, -0.1) is 0 Å². The molecule has 0 saturated carbocycles. The van der Waals surface area contributed by atoms with Crippen LogP contribution >= 0.6 is 0 Å². The average Bonchev–Trinajstić information content (AvgIpc) is 4.43. The number of rotatable bonds is 7. The van der Waals surface area contributed by atoms with Crippen molar-refractivity contribution in [2.24, 2.45) is 0 Å². The van der Waals surface area contributed by atoms with Crippen LogP contribution in [0.15, 0.2) is 282 Å². The van der Waals surface area contributed by atoms with E-state index in [2.05, 4.69) is 254 Å². The quantitative estimate of drug-likeness (QED) is 0.159. The first kappa shape index (κ1) is 42.5. The number of benzene rings is 12. The summed E-state index contributed by atoms with van der Waals surface area (Å²) in [6.45, 7) is 0. The number of fused-ring (bicyclic) bond motifs is 16. The number of furan rings is 2. The third-order valence-electron chi connectivity index (χ3n) is 16.3.